The number of fused-ring (bicyclic) bond motifs is 1. The third kappa shape index (κ3) is 2.27. The summed E-state index contributed by atoms with van der Waals surface area (Å²) in [6.07, 6.45) is 3.53. The second kappa shape index (κ2) is 4.60. The summed E-state index contributed by atoms with van der Waals surface area (Å²) in [5, 5.41) is 8.90. The molecule has 2 aromatic rings. The average molecular weight is 278 g/mol. The van der Waals surface area contributed by atoms with Gasteiger partial charge in [0.1, 0.15) is 0 Å². The van der Waals surface area contributed by atoms with Crippen LogP contribution in [0.2, 0.25) is 0 Å². The predicted octanol–water partition coefficient (Wildman–Crippen LogP) is 3.81. The van der Waals surface area contributed by atoms with Crippen molar-refractivity contribution in [3.8, 4) is 11.8 Å². The number of carbonyl (C=O) groups is 1. The first-order valence-corrected chi connectivity index (χ1v) is 7.16. The zero-order chi connectivity index (χ0) is 15.2. The molecular formula is C18H18N2O. The van der Waals surface area contributed by atoms with Gasteiger partial charge in [-0.2, -0.15) is 5.26 Å². The lowest BCUT2D eigenvalue weighted by molar-refractivity contribution is 0.0910. The lowest BCUT2D eigenvalue weighted by Crippen LogP contribution is -2.28. The van der Waals surface area contributed by atoms with Crippen LogP contribution < -0.4 is 0 Å². The van der Waals surface area contributed by atoms with Crippen LogP contribution in [-0.4, -0.2) is 10.4 Å². The Kier molecular flexibility index (Phi) is 2.98. The lowest BCUT2D eigenvalue weighted by atomic mass is 9.75. The van der Waals surface area contributed by atoms with Crippen LogP contribution in [0.1, 0.15) is 47.4 Å². The molecule has 0 bridgehead atoms. The van der Waals surface area contributed by atoms with Crippen molar-refractivity contribution in [2.24, 2.45) is 5.41 Å². The fourth-order valence-electron chi connectivity index (χ4n) is 3.20. The third-order valence-electron chi connectivity index (χ3n) is 4.13. The smallest absolute Gasteiger partial charge is 0.165 e. The Bertz CT molecular complexity index is 758. The molecule has 0 radical (unpaired) electrons. The molecule has 0 atom stereocenters. The van der Waals surface area contributed by atoms with Crippen LogP contribution in [-0.2, 0) is 6.42 Å². The molecule has 106 valence electrons. The minimum absolute atomic E-state index is 0.000772. The summed E-state index contributed by atoms with van der Waals surface area (Å²) in [6.45, 7) is 6.27. The number of hydrogen-bond acceptors (Lipinski definition) is 2. The van der Waals surface area contributed by atoms with E-state index in [9.17, 15) is 4.79 Å². The first-order valence-electron chi connectivity index (χ1n) is 7.16. The van der Waals surface area contributed by atoms with Gasteiger partial charge in [0.15, 0.2) is 5.78 Å². The maximum Gasteiger partial charge on any atom is 0.165 e. The number of ketones is 1. The van der Waals surface area contributed by atoms with Gasteiger partial charge in [0.2, 0.25) is 0 Å². The van der Waals surface area contributed by atoms with Gasteiger partial charge in [0.05, 0.1) is 11.6 Å². The van der Waals surface area contributed by atoms with Crippen LogP contribution >= 0.6 is 0 Å². The molecule has 0 spiro atoms. The largest absolute Gasteiger partial charge is 0.320 e. The molecule has 1 aromatic carbocycles. The van der Waals surface area contributed by atoms with Crippen LogP contribution in [0.3, 0.4) is 0 Å². The second-order valence-corrected chi connectivity index (χ2v) is 6.60. The lowest BCUT2D eigenvalue weighted by Gasteiger charge is -2.30. The predicted molar refractivity (Wildman–Crippen MR) is 81.7 cm³/mol. The van der Waals surface area contributed by atoms with Crippen molar-refractivity contribution in [3.05, 3.63) is 52.8 Å². The molecule has 3 heteroatoms. The van der Waals surface area contributed by atoms with Crippen molar-refractivity contribution in [1.82, 2.24) is 4.57 Å². The summed E-state index contributed by atoms with van der Waals surface area (Å²) in [6, 6.07) is 9.62. The molecule has 1 aromatic heterocycles. The fourth-order valence-corrected chi connectivity index (χ4v) is 3.20. The number of hydrogen-bond donors (Lipinski definition) is 0. The Morgan fingerprint density at radius 2 is 1.86 bits per heavy atom. The molecule has 0 amide bonds. The van der Waals surface area contributed by atoms with E-state index >= 15 is 0 Å². The van der Waals surface area contributed by atoms with Crippen LogP contribution in [0, 0.1) is 23.7 Å². The summed E-state index contributed by atoms with van der Waals surface area (Å²) in [5.41, 5.74) is 4.67. The van der Waals surface area contributed by atoms with Crippen molar-refractivity contribution >= 4 is 5.78 Å². The van der Waals surface area contributed by atoms with E-state index in [1.54, 1.807) is 0 Å². The Morgan fingerprint density at radius 3 is 2.48 bits per heavy atom. The van der Waals surface area contributed by atoms with Gasteiger partial charge in [-0.15, -0.1) is 0 Å². The first kappa shape index (κ1) is 13.6. The van der Waals surface area contributed by atoms with Crippen LogP contribution in [0.5, 0.6) is 0 Å². The number of aryl methyl sites for hydroxylation is 1. The van der Waals surface area contributed by atoms with Crippen LogP contribution in [0.4, 0.5) is 0 Å². The molecule has 0 saturated heterocycles. The molecule has 1 aliphatic rings. The van der Waals surface area contributed by atoms with E-state index in [2.05, 4.69) is 24.5 Å². The summed E-state index contributed by atoms with van der Waals surface area (Å²) < 4.78 is 2.10. The molecular weight excluding hydrogens is 260 g/mol. The van der Waals surface area contributed by atoms with E-state index in [4.69, 9.17) is 5.26 Å². The Labute approximate surface area is 124 Å². The number of nitrogens with zero attached hydrogens (tertiary/aromatic N) is 2. The van der Waals surface area contributed by atoms with Gasteiger partial charge in [0, 0.05) is 29.6 Å². The van der Waals surface area contributed by atoms with E-state index in [-0.39, 0.29) is 11.2 Å². The third-order valence-corrected chi connectivity index (χ3v) is 4.13. The number of rotatable bonds is 1. The van der Waals surface area contributed by atoms with Crippen LogP contribution in [0.15, 0.2) is 30.5 Å². The molecule has 0 N–H and O–H groups in total. The number of aromatic nitrogens is 1. The monoisotopic (exact) mass is 278 g/mol. The Balaban J connectivity index is 2.15. The summed E-state index contributed by atoms with van der Waals surface area (Å²) in [7, 11) is 0. The van der Waals surface area contributed by atoms with Gasteiger partial charge < -0.3 is 4.57 Å². The second-order valence-electron chi connectivity index (χ2n) is 6.60. The quantitative estimate of drug-likeness (QED) is 0.796. The summed E-state index contributed by atoms with van der Waals surface area (Å²) in [4.78, 5) is 12.4. The maximum atomic E-state index is 12.4. The molecule has 3 rings (SSSR count). The standard InChI is InChI=1S/C18H18N2O/c1-12-11-20(14-6-4-13(10-19)5-7-14)15-8-18(2,3)9-16(21)17(12)15/h4-7,11H,8-9H2,1-3H3. The van der Waals surface area contributed by atoms with Gasteiger partial charge in [-0.1, -0.05) is 13.8 Å². The minimum atomic E-state index is -0.000772. The molecule has 3 nitrogen and oxygen atoms in total. The minimum Gasteiger partial charge on any atom is -0.320 e. The molecule has 0 unspecified atom stereocenters. The van der Waals surface area contributed by atoms with Gasteiger partial charge in [-0.3, -0.25) is 4.79 Å². The highest BCUT2D eigenvalue weighted by molar-refractivity contribution is 6.00. The van der Waals surface area contributed by atoms with Gasteiger partial charge in [-0.05, 0) is 48.6 Å². The molecule has 21 heavy (non-hydrogen) atoms. The van der Waals surface area contributed by atoms with Crippen LogP contribution in [0.25, 0.3) is 5.69 Å². The zero-order valence-electron chi connectivity index (χ0n) is 12.6. The highest BCUT2D eigenvalue weighted by Gasteiger charge is 2.34. The fraction of sp³-hybridized carbons (Fsp3) is 0.333. The first-order chi connectivity index (χ1) is 9.91. The molecule has 0 fully saturated rings. The molecule has 1 aliphatic carbocycles. The Hall–Kier alpha value is -2.34. The zero-order valence-corrected chi connectivity index (χ0v) is 12.6. The molecule has 1 heterocycles. The van der Waals surface area contributed by atoms with E-state index in [1.807, 2.05) is 37.4 Å². The highest BCUT2D eigenvalue weighted by Crippen LogP contribution is 2.37. The highest BCUT2D eigenvalue weighted by atomic mass is 16.1. The number of carbonyl (C=O) groups excluding carboxylic acids is 1. The van der Waals surface area contributed by atoms with E-state index in [0.29, 0.717) is 12.0 Å². The van der Waals surface area contributed by atoms with E-state index < -0.39 is 0 Å². The van der Waals surface area contributed by atoms with Crippen molar-refractivity contribution in [2.75, 3.05) is 0 Å². The number of nitriles is 1. The van der Waals surface area contributed by atoms with Gasteiger partial charge in [0.25, 0.3) is 0 Å². The number of benzene rings is 1. The average Bonchev–Trinajstić information content (AvgIpc) is 2.74. The molecule has 0 aliphatic heterocycles. The summed E-state index contributed by atoms with van der Waals surface area (Å²) in [5.74, 6) is 0.242. The SMILES string of the molecule is Cc1cn(-c2ccc(C#N)cc2)c2c1C(=O)CC(C)(C)C2. The van der Waals surface area contributed by atoms with Crippen molar-refractivity contribution in [3.63, 3.8) is 0 Å². The normalized spacial score (nSPS) is 16.4. The topological polar surface area (TPSA) is 45.8 Å². The maximum absolute atomic E-state index is 12.4. The van der Waals surface area contributed by atoms with Crippen molar-refractivity contribution in [2.45, 2.75) is 33.6 Å². The van der Waals surface area contributed by atoms with Gasteiger partial charge >= 0.3 is 0 Å². The van der Waals surface area contributed by atoms with Crippen molar-refractivity contribution in [1.29, 1.82) is 5.26 Å². The van der Waals surface area contributed by atoms with E-state index in [0.717, 1.165) is 28.9 Å². The Morgan fingerprint density at radius 1 is 1.19 bits per heavy atom. The number of Topliss-reactive ketones (excluding diaryl/α,β-unsaturated/α-hetero) is 1. The summed E-state index contributed by atoms with van der Waals surface area (Å²) >= 11 is 0. The van der Waals surface area contributed by atoms with Crippen molar-refractivity contribution < 1.29 is 4.79 Å². The van der Waals surface area contributed by atoms with E-state index in [1.165, 1.54) is 0 Å². The van der Waals surface area contributed by atoms with Gasteiger partial charge in [-0.25, -0.2) is 0 Å². The molecule has 0 saturated carbocycles.